The van der Waals surface area contributed by atoms with Gasteiger partial charge in [0, 0.05) is 18.0 Å². The zero-order valence-electron chi connectivity index (χ0n) is 13.2. The zero-order valence-corrected chi connectivity index (χ0v) is 13.2. The number of benzene rings is 2. The van der Waals surface area contributed by atoms with Gasteiger partial charge in [-0.15, -0.1) is 0 Å². The molecule has 0 fully saturated rings. The van der Waals surface area contributed by atoms with Gasteiger partial charge in [0.05, 0.1) is 6.04 Å². The Hall–Kier alpha value is -1.84. The first-order valence-electron chi connectivity index (χ1n) is 7.97. The predicted octanol–water partition coefficient (Wildman–Crippen LogP) is 4.40. The van der Waals surface area contributed by atoms with Crippen molar-refractivity contribution in [1.82, 2.24) is 5.32 Å². The molecule has 0 saturated heterocycles. The molecule has 0 spiro atoms. The van der Waals surface area contributed by atoms with Crippen LogP contribution in [0.5, 0.6) is 0 Å². The standard InChI is InChI=1S/C19H23NO2/c1-13(6-5-11-21)20-14(2)19-12-17-16-8-4-3-7-15(16)9-10-18(17)22-19/h3-4,7-10,12-14,20-21H,5-6,11H2,1-2H3. The van der Waals surface area contributed by atoms with Crippen LogP contribution >= 0.6 is 0 Å². The Kier molecular flexibility index (Phi) is 4.46. The average Bonchev–Trinajstić information content (AvgIpc) is 2.97. The molecule has 3 nitrogen and oxygen atoms in total. The minimum Gasteiger partial charge on any atom is -0.459 e. The van der Waals surface area contributed by atoms with Gasteiger partial charge in [-0.25, -0.2) is 0 Å². The van der Waals surface area contributed by atoms with Gasteiger partial charge in [-0.1, -0.05) is 30.3 Å². The summed E-state index contributed by atoms with van der Waals surface area (Å²) in [5.41, 5.74) is 0.936. The molecule has 116 valence electrons. The van der Waals surface area contributed by atoms with Crippen LogP contribution in [0.15, 0.2) is 46.9 Å². The first kappa shape index (κ1) is 15.1. The fraction of sp³-hybridized carbons (Fsp3) is 0.368. The monoisotopic (exact) mass is 297 g/mol. The normalized spacial score (nSPS) is 14.5. The lowest BCUT2D eigenvalue weighted by atomic mass is 10.1. The van der Waals surface area contributed by atoms with Gasteiger partial charge in [0.2, 0.25) is 0 Å². The minimum atomic E-state index is 0.153. The van der Waals surface area contributed by atoms with Crippen LogP contribution in [0, 0.1) is 0 Å². The maximum absolute atomic E-state index is 8.92. The van der Waals surface area contributed by atoms with Crippen molar-refractivity contribution >= 4 is 21.7 Å². The first-order valence-corrected chi connectivity index (χ1v) is 7.97. The predicted molar refractivity (Wildman–Crippen MR) is 91.1 cm³/mol. The van der Waals surface area contributed by atoms with Crippen molar-refractivity contribution in [3.8, 4) is 0 Å². The highest BCUT2D eigenvalue weighted by molar-refractivity contribution is 6.05. The second-order valence-corrected chi connectivity index (χ2v) is 6.00. The molecular weight excluding hydrogens is 274 g/mol. The number of rotatable bonds is 6. The van der Waals surface area contributed by atoms with Gasteiger partial charge in [-0.05, 0) is 49.6 Å². The van der Waals surface area contributed by atoms with Crippen LogP contribution in [0.4, 0.5) is 0 Å². The maximum atomic E-state index is 8.92. The number of nitrogens with one attached hydrogen (secondary N) is 1. The summed E-state index contributed by atoms with van der Waals surface area (Å²) in [6.45, 7) is 4.51. The summed E-state index contributed by atoms with van der Waals surface area (Å²) in [7, 11) is 0. The molecule has 1 aromatic heterocycles. The SMILES string of the molecule is CC(CCCO)NC(C)c1cc2c(ccc3ccccc32)o1. The minimum absolute atomic E-state index is 0.153. The van der Waals surface area contributed by atoms with Gasteiger partial charge in [0.25, 0.3) is 0 Å². The average molecular weight is 297 g/mol. The summed E-state index contributed by atoms with van der Waals surface area (Å²) >= 11 is 0. The highest BCUT2D eigenvalue weighted by Crippen LogP contribution is 2.30. The Labute approximate surface area is 130 Å². The van der Waals surface area contributed by atoms with Gasteiger partial charge in [-0.2, -0.15) is 0 Å². The summed E-state index contributed by atoms with van der Waals surface area (Å²) in [4.78, 5) is 0. The van der Waals surface area contributed by atoms with Crippen molar-refractivity contribution in [2.75, 3.05) is 6.61 Å². The Balaban J connectivity index is 1.86. The number of hydrogen-bond acceptors (Lipinski definition) is 3. The van der Waals surface area contributed by atoms with E-state index in [9.17, 15) is 0 Å². The Morgan fingerprint density at radius 2 is 1.91 bits per heavy atom. The van der Waals surface area contributed by atoms with Crippen LogP contribution in [0.2, 0.25) is 0 Å². The first-order chi connectivity index (χ1) is 10.7. The molecule has 2 N–H and O–H groups in total. The third-order valence-corrected chi connectivity index (χ3v) is 4.20. The van der Waals surface area contributed by atoms with Crippen LogP contribution < -0.4 is 5.32 Å². The molecule has 2 atom stereocenters. The quantitative estimate of drug-likeness (QED) is 0.709. The molecule has 1 heterocycles. The van der Waals surface area contributed by atoms with E-state index in [2.05, 4.69) is 55.6 Å². The molecule has 3 rings (SSSR count). The summed E-state index contributed by atoms with van der Waals surface area (Å²) in [6.07, 6.45) is 1.79. The zero-order chi connectivity index (χ0) is 15.5. The molecule has 3 heteroatoms. The van der Waals surface area contributed by atoms with Gasteiger partial charge < -0.3 is 14.8 Å². The third-order valence-electron chi connectivity index (χ3n) is 4.20. The van der Waals surface area contributed by atoms with Gasteiger partial charge >= 0.3 is 0 Å². The highest BCUT2D eigenvalue weighted by Gasteiger charge is 2.15. The lowest BCUT2D eigenvalue weighted by Gasteiger charge is -2.17. The molecular formula is C19H23NO2. The molecule has 2 aromatic carbocycles. The van der Waals surface area contributed by atoms with Crippen LogP contribution in [0.25, 0.3) is 21.7 Å². The second-order valence-electron chi connectivity index (χ2n) is 6.00. The lowest BCUT2D eigenvalue weighted by molar-refractivity contribution is 0.273. The number of hydrogen-bond donors (Lipinski definition) is 2. The van der Waals surface area contributed by atoms with E-state index >= 15 is 0 Å². The molecule has 0 radical (unpaired) electrons. The topological polar surface area (TPSA) is 45.4 Å². The molecule has 0 bridgehead atoms. The number of aliphatic hydroxyl groups is 1. The molecule has 0 aliphatic rings. The largest absolute Gasteiger partial charge is 0.459 e. The van der Waals surface area contributed by atoms with Crippen molar-refractivity contribution < 1.29 is 9.52 Å². The van der Waals surface area contributed by atoms with E-state index in [1.54, 1.807) is 0 Å². The fourth-order valence-electron chi connectivity index (χ4n) is 3.02. The van der Waals surface area contributed by atoms with Crippen LogP contribution in [-0.2, 0) is 0 Å². The number of fused-ring (bicyclic) bond motifs is 3. The van der Waals surface area contributed by atoms with Gasteiger partial charge in [-0.3, -0.25) is 0 Å². The fourth-order valence-corrected chi connectivity index (χ4v) is 3.02. The highest BCUT2D eigenvalue weighted by atomic mass is 16.3. The Bertz CT molecular complexity index is 762. The van der Waals surface area contributed by atoms with Crippen molar-refractivity contribution in [1.29, 1.82) is 0 Å². The van der Waals surface area contributed by atoms with E-state index in [0.29, 0.717) is 6.04 Å². The van der Waals surface area contributed by atoms with Gasteiger partial charge in [0.1, 0.15) is 11.3 Å². The van der Waals surface area contributed by atoms with Crippen molar-refractivity contribution in [3.05, 3.63) is 48.2 Å². The second kappa shape index (κ2) is 6.51. The maximum Gasteiger partial charge on any atom is 0.135 e. The van der Waals surface area contributed by atoms with Crippen molar-refractivity contribution in [2.24, 2.45) is 0 Å². The summed E-state index contributed by atoms with van der Waals surface area (Å²) in [5, 5.41) is 16.1. The molecule has 22 heavy (non-hydrogen) atoms. The van der Waals surface area contributed by atoms with Crippen LogP contribution in [-0.4, -0.2) is 17.8 Å². The van der Waals surface area contributed by atoms with E-state index in [1.807, 2.05) is 6.07 Å². The number of furan rings is 1. The third kappa shape index (κ3) is 3.01. The Morgan fingerprint density at radius 1 is 1.09 bits per heavy atom. The van der Waals surface area contributed by atoms with Crippen LogP contribution in [0.3, 0.4) is 0 Å². The van der Waals surface area contributed by atoms with Crippen molar-refractivity contribution in [3.63, 3.8) is 0 Å². The van der Waals surface area contributed by atoms with Crippen molar-refractivity contribution in [2.45, 2.75) is 38.8 Å². The Morgan fingerprint density at radius 3 is 2.73 bits per heavy atom. The van der Waals surface area contributed by atoms with E-state index in [4.69, 9.17) is 9.52 Å². The number of aliphatic hydroxyl groups excluding tert-OH is 1. The summed E-state index contributed by atoms with van der Waals surface area (Å²) < 4.78 is 6.03. The summed E-state index contributed by atoms with van der Waals surface area (Å²) in [5.74, 6) is 0.960. The van der Waals surface area contributed by atoms with E-state index in [0.717, 1.165) is 24.2 Å². The summed E-state index contributed by atoms with van der Waals surface area (Å²) in [6, 6.07) is 15.2. The van der Waals surface area contributed by atoms with E-state index < -0.39 is 0 Å². The lowest BCUT2D eigenvalue weighted by Crippen LogP contribution is -2.28. The molecule has 2 unspecified atom stereocenters. The van der Waals surface area contributed by atoms with E-state index in [1.165, 1.54) is 16.2 Å². The smallest absolute Gasteiger partial charge is 0.135 e. The molecule has 0 aliphatic carbocycles. The molecule has 0 amide bonds. The van der Waals surface area contributed by atoms with Crippen LogP contribution in [0.1, 0.15) is 38.5 Å². The molecule has 3 aromatic rings. The molecule has 0 saturated carbocycles. The van der Waals surface area contributed by atoms with E-state index in [-0.39, 0.29) is 12.6 Å². The van der Waals surface area contributed by atoms with Gasteiger partial charge in [0.15, 0.2) is 0 Å². The molecule has 0 aliphatic heterocycles.